The van der Waals surface area contributed by atoms with Crippen LogP contribution in [0.25, 0.3) is 0 Å². The van der Waals surface area contributed by atoms with Crippen LogP contribution in [0.4, 0.5) is 0 Å². The van der Waals surface area contributed by atoms with Gasteiger partial charge in [-0.05, 0) is 19.1 Å². The summed E-state index contributed by atoms with van der Waals surface area (Å²) >= 11 is 0. The van der Waals surface area contributed by atoms with Crippen molar-refractivity contribution in [2.45, 2.75) is 6.92 Å². The van der Waals surface area contributed by atoms with Gasteiger partial charge in [0.1, 0.15) is 0 Å². The number of hydrogen-bond donors (Lipinski definition) is 0. The maximum atomic E-state index is 12.3. The number of allylic oxidation sites excluding steroid dienone is 1. The zero-order valence-corrected chi connectivity index (χ0v) is 9.35. The Bertz CT molecular complexity index is 420. The van der Waals surface area contributed by atoms with Crippen molar-refractivity contribution >= 4 is 12.7 Å². The molecule has 0 fully saturated rings. The lowest BCUT2D eigenvalue weighted by Gasteiger charge is -2.13. The average molecular weight is 221 g/mol. The molecule has 3 nitrogen and oxygen atoms in total. The Hall–Kier alpha value is -1.36. The topological polar surface area (TPSA) is 50.1 Å². The molecule has 0 N–H and O–H groups in total. The van der Waals surface area contributed by atoms with E-state index in [1.807, 2.05) is 12.1 Å². The molecule has 0 radical (unpaired) electrons. The standard InChI is InChI=1S/C11H12NO2P/c1-2-14-15(13,10-6-9-12)11-7-4-3-5-8-11/h3-8,10H,2H2,1H3/b10-6+. The van der Waals surface area contributed by atoms with Gasteiger partial charge in [-0.25, -0.2) is 0 Å². The minimum absolute atomic E-state index is 0.349. The predicted molar refractivity (Wildman–Crippen MR) is 60.1 cm³/mol. The minimum Gasteiger partial charge on any atom is -0.323 e. The summed E-state index contributed by atoms with van der Waals surface area (Å²) in [7, 11) is -2.99. The third-order valence-electron chi connectivity index (χ3n) is 1.78. The van der Waals surface area contributed by atoms with Crippen molar-refractivity contribution in [1.29, 1.82) is 5.26 Å². The highest BCUT2D eigenvalue weighted by Crippen LogP contribution is 2.46. The molecule has 1 rings (SSSR count). The van der Waals surface area contributed by atoms with Crippen LogP contribution < -0.4 is 5.30 Å². The zero-order chi connectivity index (χ0) is 11.1. The molecule has 0 saturated heterocycles. The molecule has 0 aliphatic rings. The van der Waals surface area contributed by atoms with Gasteiger partial charge in [-0.2, -0.15) is 5.26 Å². The number of benzene rings is 1. The number of nitriles is 1. The summed E-state index contributed by atoms with van der Waals surface area (Å²) in [5, 5.41) is 9.04. The number of hydrogen-bond acceptors (Lipinski definition) is 3. The lowest BCUT2D eigenvalue weighted by atomic mass is 10.4. The largest absolute Gasteiger partial charge is 0.323 e. The van der Waals surface area contributed by atoms with Crippen molar-refractivity contribution in [3.63, 3.8) is 0 Å². The van der Waals surface area contributed by atoms with E-state index >= 15 is 0 Å². The van der Waals surface area contributed by atoms with Gasteiger partial charge in [0.25, 0.3) is 7.37 Å². The second kappa shape index (κ2) is 5.50. The predicted octanol–water partition coefficient (Wildman–Crippen LogP) is 2.66. The maximum absolute atomic E-state index is 12.3. The first-order valence-electron chi connectivity index (χ1n) is 4.60. The van der Waals surface area contributed by atoms with Crippen LogP contribution in [0, 0.1) is 11.3 Å². The summed E-state index contributed by atoms with van der Waals surface area (Å²) in [6.07, 6.45) is 1.20. The van der Waals surface area contributed by atoms with Gasteiger partial charge in [0, 0.05) is 17.2 Å². The highest BCUT2D eigenvalue weighted by atomic mass is 31.2. The van der Waals surface area contributed by atoms with Crippen LogP contribution >= 0.6 is 7.37 Å². The molecule has 0 spiro atoms. The van der Waals surface area contributed by atoms with Crippen LogP contribution in [0.5, 0.6) is 0 Å². The summed E-state index contributed by atoms with van der Waals surface area (Å²) in [6.45, 7) is 2.12. The van der Waals surface area contributed by atoms with Crippen LogP contribution in [-0.4, -0.2) is 6.61 Å². The summed E-state index contributed by atoms with van der Waals surface area (Å²) < 4.78 is 17.5. The van der Waals surface area contributed by atoms with Gasteiger partial charge in [0.2, 0.25) is 0 Å². The molecule has 78 valence electrons. The van der Waals surface area contributed by atoms with Gasteiger partial charge in [-0.1, -0.05) is 18.2 Å². The van der Waals surface area contributed by atoms with Crippen LogP contribution in [-0.2, 0) is 9.09 Å². The molecule has 0 amide bonds. The van der Waals surface area contributed by atoms with Crippen molar-refractivity contribution in [3.05, 3.63) is 42.2 Å². The van der Waals surface area contributed by atoms with Crippen LogP contribution in [0.1, 0.15) is 6.92 Å². The van der Waals surface area contributed by atoms with E-state index in [0.717, 1.165) is 0 Å². The van der Waals surface area contributed by atoms with Gasteiger partial charge in [-0.3, -0.25) is 4.57 Å². The van der Waals surface area contributed by atoms with Crippen LogP contribution in [0.3, 0.4) is 0 Å². The van der Waals surface area contributed by atoms with E-state index < -0.39 is 7.37 Å². The van der Waals surface area contributed by atoms with E-state index in [9.17, 15) is 4.57 Å². The molecule has 1 aromatic carbocycles. The molecule has 1 aromatic rings. The van der Waals surface area contributed by atoms with Gasteiger partial charge < -0.3 is 4.52 Å². The summed E-state index contributed by atoms with van der Waals surface area (Å²) in [6, 6.07) is 10.7. The minimum atomic E-state index is -2.99. The number of rotatable bonds is 4. The van der Waals surface area contributed by atoms with Crippen molar-refractivity contribution < 1.29 is 9.09 Å². The molecule has 0 aliphatic carbocycles. The third-order valence-corrected chi connectivity index (χ3v) is 3.98. The summed E-state index contributed by atoms with van der Waals surface area (Å²) in [5.41, 5.74) is 0. The molecule has 4 heteroatoms. The Morgan fingerprint density at radius 3 is 2.67 bits per heavy atom. The first-order chi connectivity index (χ1) is 7.23. The van der Waals surface area contributed by atoms with Gasteiger partial charge in [-0.15, -0.1) is 0 Å². The average Bonchev–Trinajstić information content (AvgIpc) is 2.28. The third kappa shape index (κ3) is 3.06. The first kappa shape index (κ1) is 11.7. The molecule has 0 aromatic heterocycles. The highest BCUT2D eigenvalue weighted by molar-refractivity contribution is 7.70. The first-order valence-corrected chi connectivity index (χ1v) is 6.29. The van der Waals surface area contributed by atoms with Crippen LogP contribution in [0.2, 0.25) is 0 Å². The summed E-state index contributed by atoms with van der Waals surface area (Å²) in [4.78, 5) is 0. The van der Waals surface area contributed by atoms with Gasteiger partial charge in [0.05, 0.1) is 12.7 Å². The highest BCUT2D eigenvalue weighted by Gasteiger charge is 2.21. The van der Waals surface area contributed by atoms with Crippen LogP contribution in [0.15, 0.2) is 42.2 Å². The molecular formula is C11H12NO2P. The normalized spacial score (nSPS) is 14.7. The second-order valence-electron chi connectivity index (χ2n) is 2.80. The Morgan fingerprint density at radius 1 is 1.47 bits per heavy atom. The van der Waals surface area contributed by atoms with Crippen molar-refractivity contribution in [1.82, 2.24) is 0 Å². The smallest absolute Gasteiger partial charge is 0.254 e. The summed E-state index contributed by atoms with van der Waals surface area (Å²) in [5.74, 6) is 1.34. The fraction of sp³-hybridized carbons (Fsp3) is 0.182. The fourth-order valence-electron chi connectivity index (χ4n) is 1.16. The van der Waals surface area contributed by atoms with Crippen molar-refractivity contribution in [3.8, 4) is 6.07 Å². The van der Waals surface area contributed by atoms with E-state index in [1.165, 1.54) is 11.9 Å². The molecule has 0 heterocycles. The quantitative estimate of drug-likeness (QED) is 0.580. The van der Waals surface area contributed by atoms with Crippen molar-refractivity contribution in [2.24, 2.45) is 0 Å². The lowest BCUT2D eigenvalue weighted by Crippen LogP contribution is -2.04. The molecular weight excluding hydrogens is 209 g/mol. The number of nitrogens with zero attached hydrogens (tertiary/aromatic N) is 1. The molecule has 0 aliphatic heterocycles. The SMILES string of the molecule is CCOP(=O)(/C=C/C#N)c1ccccc1. The molecule has 1 atom stereocenters. The van der Waals surface area contributed by atoms with E-state index in [0.29, 0.717) is 11.9 Å². The van der Waals surface area contributed by atoms with E-state index in [2.05, 4.69) is 0 Å². The molecule has 0 bridgehead atoms. The van der Waals surface area contributed by atoms with Gasteiger partial charge in [0.15, 0.2) is 0 Å². The second-order valence-corrected chi connectivity index (χ2v) is 5.06. The van der Waals surface area contributed by atoms with E-state index in [-0.39, 0.29) is 0 Å². The maximum Gasteiger partial charge on any atom is 0.254 e. The zero-order valence-electron chi connectivity index (χ0n) is 8.46. The van der Waals surface area contributed by atoms with Crippen molar-refractivity contribution in [2.75, 3.05) is 6.61 Å². The van der Waals surface area contributed by atoms with E-state index in [4.69, 9.17) is 9.79 Å². The lowest BCUT2D eigenvalue weighted by molar-refractivity contribution is 0.347. The molecule has 15 heavy (non-hydrogen) atoms. The Balaban J connectivity index is 3.08. The van der Waals surface area contributed by atoms with E-state index in [1.54, 1.807) is 31.2 Å². The Labute approximate surface area is 89.4 Å². The fourth-order valence-corrected chi connectivity index (χ4v) is 2.80. The Kier molecular flexibility index (Phi) is 4.30. The molecule has 1 unspecified atom stereocenters. The Morgan fingerprint density at radius 2 is 2.13 bits per heavy atom. The van der Waals surface area contributed by atoms with Gasteiger partial charge >= 0.3 is 0 Å². The molecule has 0 saturated carbocycles. The monoisotopic (exact) mass is 221 g/mol.